The largest absolute Gasteiger partial charge is 0.241 e. The zero-order valence-corrected chi connectivity index (χ0v) is 25.9. The number of fused-ring (bicyclic) bond motifs is 1. The second-order valence-corrected chi connectivity index (χ2v) is 16.4. The molecule has 0 spiro atoms. The summed E-state index contributed by atoms with van der Waals surface area (Å²) in [6, 6.07) is 28.8. The highest BCUT2D eigenvalue weighted by Crippen LogP contribution is 2.43. The molecule has 42 heavy (non-hydrogen) atoms. The number of rotatable bonds is 10. The lowest BCUT2D eigenvalue weighted by Crippen LogP contribution is -2.43. The van der Waals surface area contributed by atoms with Crippen molar-refractivity contribution in [1.29, 1.82) is 0 Å². The molecular weight excluding hydrogens is 593 g/mol. The van der Waals surface area contributed by atoms with Crippen molar-refractivity contribution in [2.75, 3.05) is 18.6 Å². The van der Waals surface area contributed by atoms with Gasteiger partial charge in [0.2, 0.25) is 20.0 Å². The predicted molar refractivity (Wildman–Crippen MR) is 167 cm³/mol. The summed E-state index contributed by atoms with van der Waals surface area (Å²) in [6.45, 7) is 0.411. The minimum absolute atomic E-state index is 0.0775. The molecule has 224 valence electrons. The van der Waals surface area contributed by atoms with Crippen molar-refractivity contribution in [2.45, 2.75) is 41.9 Å². The third-order valence-electron chi connectivity index (χ3n) is 7.53. The van der Waals surface area contributed by atoms with Crippen molar-refractivity contribution in [1.82, 2.24) is 4.72 Å². The molecule has 1 saturated carbocycles. The van der Waals surface area contributed by atoms with E-state index in [1.54, 1.807) is 30.3 Å². The molecule has 0 aromatic heterocycles. The van der Waals surface area contributed by atoms with Crippen LogP contribution in [-0.4, -0.2) is 43.8 Å². The first kappa shape index (κ1) is 31.8. The lowest BCUT2D eigenvalue weighted by molar-refractivity contribution is 0.139. The minimum Gasteiger partial charge on any atom is -0.229 e. The summed E-state index contributed by atoms with van der Waals surface area (Å²) in [5.41, 5.74) is 2.07. The fourth-order valence-corrected chi connectivity index (χ4v) is 7.55. The van der Waals surface area contributed by atoms with E-state index in [2.05, 4.69) is 4.72 Å². The van der Waals surface area contributed by atoms with Gasteiger partial charge in [0.1, 0.15) is 9.84 Å². The highest BCUT2D eigenvalue weighted by molar-refractivity contribution is 7.90. The number of nitrogens with two attached hydrogens (primary N) is 1. The van der Waals surface area contributed by atoms with E-state index in [1.165, 1.54) is 18.4 Å². The number of sulfone groups is 1. The Morgan fingerprint density at radius 3 is 1.90 bits per heavy atom. The summed E-state index contributed by atoms with van der Waals surface area (Å²) < 4.78 is 73.1. The number of nitrogens with one attached hydrogen (secondary N) is 1. The summed E-state index contributed by atoms with van der Waals surface area (Å²) in [5.74, 6) is 0.145. The molecular formula is C31H36N2O6S3. The van der Waals surface area contributed by atoms with E-state index in [4.69, 9.17) is 5.14 Å². The molecule has 4 aromatic carbocycles. The Kier molecular flexibility index (Phi) is 9.89. The van der Waals surface area contributed by atoms with Crippen LogP contribution < -0.4 is 9.86 Å². The Morgan fingerprint density at radius 1 is 0.738 bits per heavy atom. The molecule has 0 amide bonds. The van der Waals surface area contributed by atoms with E-state index in [9.17, 15) is 25.3 Å². The van der Waals surface area contributed by atoms with Crippen molar-refractivity contribution < 1.29 is 25.3 Å². The molecule has 0 aliphatic heterocycles. The van der Waals surface area contributed by atoms with E-state index in [0.29, 0.717) is 17.9 Å². The average molecular weight is 629 g/mol. The standard InChI is InChI=1S/C25H29NO4S2.C6H7NO2S/c1-31(27,28)17-14-20-10-12-21(13-11-20)18-25(15-5-16-25)19-26-32(29,30)24-9-4-7-22-6-2-3-8-23(22)24;7-10(8,9)6-4-2-1-3-5-6/h2-4,6-13,26H,5,14-19H2,1H3;1-5H,(H2,7,8,9). The molecule has 5 rings (SSSR count). The molecule has 0 radical (unpaired) electrons. The van der Waals surface area contributed by atoms with Gasteiger partial charge in [-0.3, -0.25) is 0 Å². The second-order valence-electron chi connectivity index (χ2n) is 10.9. The van der Waals surface area contributed by atoms with Gasteiger partial charge in [0.05, 0.1) is 15.5 Å². The van der Waals surface area contributed by atoms with Crippen LogP contribution in [0.5, 0.6) is 0 Å². The maximum absolute atomic E-state index is 13.1. The summed E-state index contributed by atoms with van der Waals surface area (Å²) in [6.07, 6.45) is 5.64. The van der Waals surface area contributed by atoms with Gasteiger partial charge in [0.15, 0.2) is 0 Å². The molecule has 8 nitrogen and oxygen atoms in total. The fourth-order valence-electron chi connectivity index (χ4n) is 5.02. The Bertz CT molecular complexity index is 1830. The Balaban J connectivity index is 0.000000343. The Morgan fingerprint density at radius 2 is 1.33 bits per heavy atom. The van der Waals surface area contributed by atoms with Crippen molar-refractivity contribution in [2.24, 2.45) is 10.6 Å². The van der Waals surface area contributed by atoms with E-state index < -0.39 is 29.9 Å². The number of hydrogen-bond donors (Lipinski definition) is 2. The topological polar surface area (TPSA) is 140 Å². The normalized spacial score (nSPS) is 14.9. The van der Waals surface area contributed by atoms with Crippen LogP contribution in [0, 0.1) is 5.41 Å². The van der Waals surface area contributed by atoms with Crippen LogP contribution in [0.3, 0.4) is 0 Å². The first-order valence-electron chi connectivity index (χ1n) is 13.6. The maximum Gasteiger partial charge on any atom is 0.241 e. The van der Waals surface area contributed by atoms with Crippen molar-refractivity contribution in [3.63, 3.8) is 0 Å². The number of sulfonamides is 2. The molecule has 0 atom stereocenters. The van der Waals surface area contributed by atoms with Crippen molar-refractivity contribution in [3.8, 4) is 0 Å². The first-order valence-corrected chi connectivity index (χ1v) is 18.7. The van der Waals surface area contributed by atoms with Crippen molar-refractivity contribution >= 4 is 40.7 Å². The van der Waals surface area contributed by atoms with Crippen LogP contribution in [0.4, 0.5) is 0 Å². The number of primary sulfonamides is 1. The smallest absolute Gasteiger partial charge is 0.229 e. The Hall–Kier alpha value is -3.09. The van der Waals surface area contributed by atoms with Gasteiger partial charge in [-0.05, 0) is 65.8 Å². The van der Waals surface area contributed by atoms with E-state index >= 15 is 0 Å². The minimum atomic E-state index is -3.62. The molecule has 1 aliphatic carbocycles. The molecule has 0 unspecified atom stereocenters. The summed E-state index contributed by atoms with van der Waals surface area (Å²) >= 11 is 0. The number of benzene rings is 4. The van der Waals surface area contributed by atoms with Crippen LogP contribution in [0.15, 0.2) is 107 Å². The van der Waals surface area contributed by atoms with E-state index in [-0.39, 0.29) is 16.1 Å². The third-order valence-corrected chi connectivity index (χ3v) is 10.9. The quantitative estimate of drug-likeness (QED) is 0.266. The van der Waals surface area contributed by atoms with Crippen LogP contribution in [0.1, 0.15) is 30.4 Å². The maximum atomic E-state index is 13.1. The van der Waals surface area contributed by atoms with Crippen LogP contribution in [0.25, 0.3) is 10.8 Å². The molecule has 3 N–H and O–H groups in total. The molecule has 1 fully saturated rings. The average Bonchev–Trinajstić information content (AvgIpc) is 2.93. The lowest BCUT2D eigenvalue weighted by atomic mass is 9.65. The molecule has 4 aromatic rings. The van der Waals surface area contributed by atoms with Gasteiger partial charge >= 0.3 is 0 Å². The van der Waals surface area contributed by atoms with Gasteiger partial charge in [-0.1, -0.05) is 85.3 Å². The highest BCUT2D eigenvalue weighted by atomic mass is 32.2. The van der Waals surface area contributed by atoms with E-state index in [1.807, 2.05) is 54.6 Å². The monoisotopic (exact) mass is 628 g/mol. The van der Waals surface area contributed by atoms with Gasteiger partial charge in [0.25, 0.3) is 0 Å². The fraction of sp³-hybridized carbons (Fsp3) is 0.290. The zero-order chi connectivity index (χ0) is 30.4. The molecule has 1 aliphatic rings. The summed E-state index contributed by atoms with van der Waals surface area (Å²) in [4.78, 5) is 0.468. The van der Waals surface area contributed by atoms with Gasteiger partial charge in [-0.15, -0.1) is 0 Å². The highest BCUT2D eigenvalue weighted by Gasteiger charge is 2.38. The number of hydrogen-bond acceptors (Lipinski definition) is 6. The van der Waals surface area contributed by atoms with Crippen LogP contribution >= 0.6 is 0 Å². The Labute approximate surface area is 249 Å². The molecule has 11 heteroatoms. The molecule has 0 saturated heterocycles. The summed E-state index contributed by atoms with van der Waals surface area (Å²) in [7, 11) is -10.1. The van der Waals surface area contributed by atoms with E-state index in [0.717, 1.165) is 47.6 Å². The zero-order valence-electron chi connectivity index (χ0n) is 23.4. The van der Waals surface area contributed by atoms with Crippen LogP contribution in [-0.2, 0) is 42.7 Å². The molecule has 0 bridgehead atoms. The lowest BCUT2D eigenvalue weighted by Gasteiger charge is -2.42. The second kappa shape index (κ2) is 13.0. The van der Waals surface area contributed by atoms with Crippen LogP contribution in [0.2, 0.25) is 0 Å². The van der Waals surface area contributed by atoms with Gasteiger partial charge in [-0.25, -0.2) is 35.1 Å². The third kappa shape index (κ3) is 8.71. The molecule has 0 heterocycles. The van der Waals surface area contributed by atoms with Crippen molar-refractivity contribution in [3.05, 3.63) is 108 Å². The SMILES string of the molecule is CS(=O)(=O)CCc1ccc(CC2(CNS(=O)(=O)c3cccc4ccccc34)CCC2)cc1.NS(=O)(=O)c1ccccc1. The van der Waals surface area contributed by atoms with Gasteiger partial charge < -0.3 is 0 Å². The first-order chi connectivity index (χ1) is 19.8. The predicted octanol–water partition coefficient (Wildman–Crippen LogP) is 4.45. The number of aryl methyl sites for hydroxylation is 1. The van der Waals surface area contributed by atoms with Gasteiger partial charge in [-0.2, -0.15) is 0 Å². The van der Waals surface area contributed by atoms with Gasteiger partial charge in [0, 0.05) is 18.2 Å². The summed E-state index contributed by atoms with van der Waals surface area (Å²) in [5, 5.41) is 6.47.